The molecule has 2 atom stereocenters. The van der Waals surface area contributed by atoms with Crippen LogP contribution in [0.3, 0.4) is 0 Å². The van der Waals surface area contributed by atoms with Gasteiger partial charge in [-0.25, -0.2) is 0 Å². The van der Waals surface area contributed by atoms with Gasteiger partial charge in [0, 0.05) is 5.75 Å². The van der Waals surface area contributed by atoms with Gasteiger partial charge in [-0.1, -0.05) is 12.1 Å². The van der Waals surface area contributed by atoms with Crippen LogP contribution in [0, 0.1) is 11.3 Å². The summed E-state index contributed by atoms with van der Waals surface area (Å²) < 4.78 is 0. The van der Waals surface area contributed by atoms with Gasteiger partial charge in [-0.3, -0.25) is 0 Å². The fraction of sp³-hybridized carbons (Fsp3) is 0.300. The molecule has 2 unspecified atom stereocenters. The van der Waals surface area contributed by atoms with Gasteiger partial charge in [0.05, 0.1) is 17.7 Å². The van der Waals surface area contributed by atoms with Crippen molar-refractivity contribution in [3.05, 3.63) is 35.4 Å². The molecule has 3 nitrogen and oxygen atoms in total. The smallest absolute Gasteiger partial charge is 0.106 e. The number of aliphatic hydroxyl groups excluding tert-OH is 2. The highest BCUT2D eigenvalue weighted by molar-refractivity contribution is 7.80. The lowest BCUT2D eigenvalue weighted by molar-refractivity contribution is 0.0337. The molecule has 0 aromatic heterocycles. The SMILES string of the molecule is N#Cc1cccc(C(O)C(O)CS)c1. The Morgan fingerprint density at radius 3 is 2.71 bits per heavy atom. The molecule has 0 fully saturated rings. The predicted octanol–water partition coefficient (Wildman–Crippen LogP) is 0.882. The third-order valence-electron chi connectivity index (χ3n) is 1.91. The number of benzene rings is 1. The molecular formula is C10H11NO2S. The standard InChI is InChI=1S/C10H11NO2S/c11-5-7-2-1-3-8(4-7)10(13)9(12)6-14/h1-4,9-10,12-14H,6H2. The Bertz CT molecular complexity index is 348. The number of rotatable bonds is 3. The highest BCUT2D eigenvalue weighted by Gasteiger charge is 2.16. The lowest BCUT2D eigenvalue weighted by Crippen LogP contribution is -2.19. The molecule has 1 aromatic carbocycles. The predicted molar refractivity (Wildman–Crippen MR) is 56.0 cm³/mol. The summed E-state index contributed by atoms with van der Waals surface area (Å²) in [5.41, 5.74) is 0.999. The molecule has 0 bridgehead atoms. The number of hydrogen-bond donors (Lipinski definition) is 3. The van der Waals surface area contributed by atoms with Crippen molar-refractivity contribution in [3.63, 3.8) is 0 Å². The maximum atomic E-state index is 9.60. The van der Waals surface area contributed by atoms with Crippen LogP contribution in [0.5, 0.6) is 0 Å². The van der Waals surface area contributed by atoms with E-state index in [0.29, 0.717) is 11.1 Å². The quantitative estimate of drug-likeness (QED) is 0.648. The highest BCUT2D eigenvalue weighted by Crippen LogP contribution is 2.18. The van der Waals surface area contributed by atoms with Crippen LogP contribution in [-0.4, -0.2) is 22.1 Å². The molecule has 0 aliphatic heterocycles. The van der Waals surface area contributed by atoms with Gasteiger partial charge in [0.15, 0.2) is 0 Å². The molecule has 1 aromatic rings. The van der Waals surface area contributed by atoms with Crippen LogP contribution in [0.15, 0.2) is 24.3 Å². The second kappa shape index (κ2) is 5.01. The van der Waals surface area contributed by atoms with Crippen molar-refractivity contribution in [1.29, 1.82) is 5.26 Å². The van der Waals surface area contributed by atoms with Crippen LogP contribution in [0.1, 0.15) is 17.2 Å². The van der Waals surface area contributed by atoms with Gasteiger partial charge in [0.2, 0.25) is 0 Å². The molecule has 74 valence electrons. The van der Waals surface area contributed by atoms with Crippen molar-refractivity contribution in [2.45, 2.75) is 12.2 Å². The van der Waals surface area contributed by atoms with E-state index >= 15 is 0 Å². The molecule has 0 amide bonds. The zero-order valence-corrected chi connectivity index (χ0v) is 8.35. The van der Waals surface area contributed by atoms with Gasteiger partial charge < -0.3 is 10.2 Å². The first-order valence-electron chi connectivity index (χ1n) is 4.16. The van der Waals surface area contributed by atoms with Gasteiger partial charge in [-0.2, -0.15) is 17.9 Å². The summed E-state index contributed by atoms with van der Waals surface area (Å²) in [4.78, 5) is 0. The Hall–Kier alpha value is -1.02. The highest BCUT2D eigenvalue weighted by atomic mass is 32.1. The first kappa shape index (κ1) is 11.1. The topological polar surface area (TPSA) is 64.2 Å². The van der Waals surface area contributed by atoms with Crippen LogP contribution >= 0.6 is 12.6 Å². The first-order valence-corrected chi connectivity index (χ1v) is 4.79. The maximum absolute atomic E-state index is 9.60. The van der Waals surface area contributed by atoms with Crippen molar-refractivity contribution in [2.24, 2.45) is 0 Å². The third kappa shape index (κ3) is 2.48. The average molecular weight is 209 g/mol. The summed E-state index contributed by atoms with van der Waals surface area (Å²) >= 11 is 3.88. The fourth-order valence-corrected chi connectivity index (χ4v) is 1.31. The molecule has 14 heavy (non-hydrogen) atoms. The van der Waals surface area contributed by atoms with E-state index in [4.69, 9.17) is 5.26 Å². The summed E-state index contributed by atoms with van der Waals surface area (Å²) in [6.07, 6.45) is -1.90. The number of hydrogen-bond acceptors (Lipinski definition) is 4. The monoisotopic (exact) mass is 209 g/mol. The summed E-state index contributed by atoms with van der Waals surface area (Å²) in [6.45, 7) is 0. The van der Waals surface area contributed by atoms with Crippen molar-refractivity contribution in [1.82, 2.24) is 0 Å². The summed E-state index contributed by atoms with van der Waals surface area (Å²) in [5, 5.41) is 27.6. The van der Waals surface area contributed by atoms with Crippen LogP contribution in [0.25, 0.3) is 0 Å². The second-order valence-corrected chi connectivity index (χ2v) is 3.30. The largest absolute Gasteiger partial charge is 0.389 e. The van der Waals surface area contributed by atoms with E-state index in [9.17, 15) is 10.2 Å². The van der Waals surface area contributed by atoms with Crippen molar-refractivity contribution in [3.8, 4) is 6.07 Å². The van der Waals surface area contributed by atoms with Gasteiger partial charge in [-0.05, 0) is 17.7 Å². The van der Waals surface area contributed by atoms with Gasteiger partial charge >= 0.3 is 0 Å². The van der Waals surface area contributed by atoms with Gasteiger partial charge in [0.25, 0.3) is 0 Å². The molecule has 4 heteroatoms. The van der Waals surface area contributed by atoms with Crippen LogP contribution in [0.4, 0.5) is 0 Å². The van der Waals surface area contributed by atoms with E-state index in [2.05, 4.69) is 12.6 Å². The minimum atomic E-state index is -0.985. The lowest BCUT2D eigenvalue weighted by Gasteiger charge is -2.15. The second-order valence-electron chi connectivity index (χ2n) is 2.93. The van der Waals surface area contributed by atoms with E-state index in [1.165, 1.54) is 0 Å². The van der Waals surface area contributed by atoms with Crippen molar-refractivity contribution >= 4 is 12.6 Å². The van der Waals surface area contributed by atoms with E-state index in [0.717, 1.165) is 0 Å². The van der Waals surface area contributed by atoms with E-state index in [1.807, 2.05) is 6.07 Å². The maximum Gasteiger partial charge on any atom is 0.106 e. The molecule has 0 aliphatic rings. The van der Waals surface area contributed by atoms with Crippen molar-refractivity contribution < 1.29 is 10.2 Å². The molecule has 2 N–H and O–H groups in total. The Balaban J connectivity index is 2.91. The molecule has 0 radical (unpaired) electrons. The normalized spacial score (nSPS) is 14.4. The third-order valence-corrected chi connectivity index (χ3v) is 2.28. The number of nitriles is 1. The Morgan fingerprint density at radius 2 is 2.14 bits per heavy atom. The Labute approximate surface area is 88.0 Å². The first-order chi connectivity index (χ1) is 6.69. The molecule has 0 saturated carbocycles. The zero-order chi connectivity index (χ0) is 10.6. The molecule has 0 saturated heterocycles. The van der Waals surface area contributed by atoms with E-state index in [-0.39, 0.29) is 5.75 Å². The molecule has 1 rings (SSSR count). The van der Waals surface area contributed by atoms with Crippen molar-refractivity contribution in [2.75, 3.05) is 5.75 Å². The van der Waals surface area contributed by atoms with Gasteiger partial charge in [0.1, 0.15) is 6.10 Å². The summed E-state index contributed by atoms with van der Waals surface area (Å²) in [7, 11) is 0. The molecule has 0 heterocycles. The Morgan fingerprint density at radius 1 is 1.43 bits per heavy atom. The molecular weight excluding hydrogens is 198 g/mol. The number of thiol groups is 1. The lowest BCUT2D eigenvalue weighted by atomic mass is 10.0. The van der Waals surface area contributed by atoms with Gasteiger partial charge in [-0.15, -0.1) is 0 Å². The van der Waals surface area contributed by atoms with Crippen LogP contribution in [0.2, 0.25) is 0 Å². The number of nitrogens with zero attached hydrogens (tertiary/aromatic N) is 1. The van der Waals surface area contributed by atoms with Crippen LogP contribution < -0.4 is 0 Å². The minimum absolute atomic E-state index is 0.179. The van der Waals surface area contributed by atoms with E-state index in [1.54, 1.807) is 24.3 Å². The Kier molecular flexibility index (Phi) is 3.96. The molecule has 0 aliphatic carbocycles. The van der Waals surface area contributed by atoms with E-state index < -0.39 is 12.2 Å². The zero-order valence-electron chi connectivity index (χ0n) is 7.46. The summed E-state index contributed by atoms with van der Waals surface area (Å²) in [6, 6.07) is 8.50. The minimum Gasteiger partial charge on any atom is -0.389 e. The molecule has 0 spiro atoms. The number of aliphatic hydroxyl groups is 2. The fourth-order valence-electron chi connectivity index (χ4n) is 1.11. The summed E-state index contributed by atoms with van der Waals surface area (Å²) in [5.74, 6) is 0.179. The average Bonchev–Trinajstić information content (AvgIpc) is 2.27. The van der Waals surface area contributed by atoms with Crippen LogP contribution in [-0.2, 0) is 0 Å².